The SMILES string of the molecule is Nc1cnn([C@@H]2CN(C(=O)O)C[C@@H]2F)c1. The summed E-state index contributed by atoms with van der Waals surface area (Å²) in [4.78, 5) is 11.7. The van der Waals surface area contributed by atoms with Gasteiger partial charge in [0.1, 0.15) is 12.2 Å². The molecule has 1 aliphatic rings. The fraction of sp³-hybridized carbons (Fsp3) is 0.500. The number of rotatable bonds is 1. The lowest BCUT2D eigenvalue weighted by Gasteiger charge is -2.12. The topological polar surface area (TPSA) is 84.4 Å². The van der Waals surface area contributed by atoms with E-state index in [1.165, 1.54) is 17.1 Å². The maximum Gasteiger partial charge on any atom is 0.407 e. The molecule has 6 nitrogen and oxygen atoms in total. The fourth-order valence-corrected chi connectivity index (χ4v) is 1.69. The van der Waals surface area contributed by atoms with E-state index in [1.54, 1.807) is 0 Å². The van der Waals surface area contributed by atoms with E-state index in [0.29, 0.717) is 5.69 Å². The Balaban J connectivity index is 2.15. The summed E-state index contributed by atoms with van der Waals surface area (Å²) in [5.41, 5.74) is 5.89. The number of halogens is 1. The zero-order valence-corrected chi connectivity index (χ0v) is 7.88. The van der Waals surface area contributed by atoms with Gasteiger partial charge in [-0.05, 0) is 0 Å². The molecule has 15 heavy (non-hydrogen) atoms. The molecule has 2 atom stereocenters. The Morgan fingerprint density at radius 1 is 1.67 bits per heavy atom. The van der Waals surface area contributed by atoms with Crippen molar-refractivity contribution in [2.45, 2.75) is 12.2 Å². The summed E-state index contributed by atoms with van der Waals surface area (Å²) in [5.74, 6) is 0. The predicted octanol–water partition coefficient (Wildman–Crippen LogP) is 0.338. The lowest BCUT2D eigenvalue weighted by Crippen LogP contribution is -2.27. The van der Waals surface area contributed by atoms with Crippen molar-refractivity contribution in [3.63, 3.8) is 0 Å². The molecule has 1 aliphatic heterocycles. The smallest absolute Gasteiger partial charge is 0.407 e. The molecule has 0 unspecified atom stereocenters. The molecule has 1 aromatic heterocycles. The second-order valence-electron chi connectivity index (χ2n) is 3.52. The van der Waals surface area contributed by atoms with Crippen LogP contribution in [0.25, 0.3) is 0 Å². The van der Waals surface area contributed by atoms with Crippen molar-refractivity contribution in [3.05, 3.63) is 12.4 Å². The molecule has 7 heteroatoms. The van der Waals surface area contributed by atoms with Gasteiger partial charge in [-0.15, -0.1) is 0 Å². The highest BCUT2D eigenvalue weighted by molar-refractivity contribution is 5.65. The van der Waals surface area contributed by atoms with Gasteiger partial charge in [-0.25, -0.2) is 9.18 Å². The van der Waals surface area contributed by atoms with Crippen LogP contribution in [-0.4, -0.2) is 45.1 Å². The number of alkyl halides is 1. The van der Waals surface area contributed by atoms with Gasteiger partial charge in [0.2, 0.25) is 0 Å². The molecule has 2 heterocycles. The van der Waals surface area contributed by atoms with Crippen LogP contribution in [0.4, 0.5) is 14.9 Å². The Morgan fingerprint density at radius 2 is 2.40 bits per heavy atom. The number of anilines is 1. The van der Waals surface area contributed by atoms with E-state index >= 15 is 0 Å². The summed E-state index contributed by atoms with van der Waals surface area (Å²) < 4.78 is 14.9. The first-order chi connectivity index (χ1) is 7.08. The van der Waals surface area contributed by atoms with Gasteiger partial charge in [-0.3, -0.25) is 4.68 Å². The van der Waals surface area contributed by atoms with E-state index in [0.717, 1.165) is 4.90 Å². The Kier molecular flexibility index (Phi) is 2.22. The summed E-state index contributed by atoms with van der Waals surface area (Å²) in [6, 6.07) is -0.571. The third kappa shape index (κ3) is 1.72. The third-order valence-corrected chi connectivity index (χ3v) is 2.45. The Morgan fingerprint density at radius 3 is 2.87 bits per heavy atom. The van der Waals surface area contributed by atoms with E-state index in [-0.39, 0.29) is 13.1 Å². The molecule has 0 spiro atoms. The molecule has 1 fully saturated rings. The Labute approximate surface area is 85.1 Å². The molecule has 0 radical (unpaired) electrons. The molecule has 0 aromatic carbocycles. The average molecular weight is 214 g/mol. The molecular weight excluding hydrogens is 203 g/mol. The van der Waals surface area contributed by atoms with Gasteiger partial charge < -0.3 is 15.7 Å². The highest BCUT2D eigenvalue weighted by Crippen LogP contribution is 2.24. The number of nitrogen functional groups attached to an aromatic ring is 1. The molecule has 1 amide bonds. The Hall–Kier alpha value is -1.79. The molecule has 2 rings (SSSR count). The lowest BCUT2D eigenvalue weighted by molar-refractivity contribution is 0.152. The minimum Gasteiger partial charge on any atom is -0.465 e. The number of nitrogens with two attached hydrogens (primary N) is 1. The van der Waals surface area contributed by atoms with Crippen molar-refractivity contribution < 1.29 is 14.3 Å². The first kappa shape index (κ1) is 9.75. The van der Waals surface area contributed by atoms with Crippen LogP contribution >= 0.6 is 0 Å². The van der Waals surface area contributed by atoms with E-state index in [1.807, 2.05) is 0 Å². The van der Waals surface area contributed by atoms with Gasteiger partial charge in [-0.1, -0.05) is 0 Å². The predicted molar refractivity (Wildman–Crippen MR) is 50.2 cm³/mol. The van der Waals surface area contributed by atoms with Gasteiger partial charge in [0, 0.05) is 12.7 Å². The number of nitrogens with zero attached hydrogens (tertiary/aromatic N) is 3. The number of carbonyl (C=O) groups is 1. The van der Waals surface area contributed by atoms with Crippen LogP contribution in [0, 0.1) is 0 Å². The minimum absolute atomic E-state index is 0.109. The van der Waals surface area contributed by atoms with Crippen molar-refractivity contribution >= 4 is 11.8 Å². The fourth-order valence-electron chi connectivity index (χ4n) is 1.69. The van der Waals surface area contributed by atoms with Crippen LogP contribution in [0.3, 0.4) is 0 Å². The van der Waals surface area contributed by atoms with E-state index < -0.39 is 18.3 Å². The monoisotopic (exact) mass is 214 g/mol. The first-order valence-electron chi connectivity index (χ1n) is 4.49. The maximum atomic E-state index is 13.5. The molecular formula is C8H11FN4O2. The van der Waals surface area contributed by atoms with E-state index in [9.17, 15) is 9.18 Å². The van der Waals surface area contributed by atoms with Crippen LogP contribution in [0.2, 0.25) is 0 Å². The first-order valence-corrected chi connectivity index (χ1v) is 4.49. The summed E-state index contributed by atoms with van der Waals surface area (Å²) in [7, 11) is 0. The molecule has 1 saturated heterocycles. The van der Waals surface area contributed by atoms with Crippen LogP contribution in [0.1, 0.15) is 6.04 Å². The van der Waals surface area contributed by atoms with Crippen LogP contribution in [0.5, 0.6) is 0 Å². The van der Waals surface area contributed by atoms with Crippen molar-refractivity contribution in [1.29, 1.82) is 0 Å². The average Bonchev–Trinajstić information content (AvgIpc) is 2.71. The number of likely N-dealkylation sites (tertiary alicyclic amines) is 1. The van der Waals surface area contributed by atoms with E-state index in [2.05, 4.69) is 5.10 Å². The van der Waals surface area contributed by atoms with E-state index in [4.69, 9.17) is 10.8 Å². The summed E-state index contributed by atoms with van der Waals surface area (Å²) in [5, 5.41) is 12.6. The zero-order valence-electron chi connectivity index (χ0n) is 7.88. The van der Waals surface area contributed by atoms with Crippen LogP contribution in [-0.2, 0) is 0 Å². The molecule has 3 N–H and O–H groups in total. The third-order valence-electron chi connectivity index (χ3n) is 2.45. The van der Waals surface area contributed by atoms with Gasteiger partial charge in [0.15, 0.2) is 0 Å². The molecule has 0 aliphatic carbocycles. The Bertz CT molecular complexity index is 380. The highest BCUT2D eigenvalue weighted by Gasteiger charge is 2.37. The molecule has 82 valence electrons. The molecule has 0 bridgehead atoms. The lowest BCUT2D eigenvalue weighted by atomic mass is 10.2. The highest BCUT2D eigenvalue weighted by atomic mass is 19.1. The quantitative estimate of drug-likeness (QED) is 0.705. The number of amides is 1. The van der Waals surface area contributed by atoms with Gasteiger partial charge in [-0.2, -0.15) is 5.10 Å². The standard InChI is InChI=1S/C8H11FN4O2/c9-6-3-12(8(14)15)4-7(6)13-2-5(10)1-11-13/h1-2,6-7H,3-4,10H2,(H,14,15)/t6-,7+/m0/s1. The minimum atomic E-state index is -1.24. The zero-order chi connectivity index (χ0) is 11.0. The summed E-state index contributed by atoms with van der Waals surface area (Å²) in [6.07, 6.45) is 0.569. The summed E-state index contributed by atoms with van der Waals surface area (Å²) >= 11 is 0. The van der Waals surface area contributed by atoms with Crippen molar-refractivity contribution in [3.8, 4) is 0 Å². The summed E-state index contributed by atoms with van der Waals surface area (Å²) in [6.45, 7) is -0.00259. The van der Waals surface area contributed by atoms with Crippen LogP contribution in [0.15, 0.2) is 12.4 Å². The number of aromatic nitrogens is 2. The van der Waals surface area contributed by atoms with Gasteiger partial charge >= 0.3 is 6.09 Å². The maximum absolute atomic E-state index is 13.5. The van der Waals surface area contributed by atoms with Gasteiger partial charge in [0.25, 0.3) is 0 Å². The number of carboxylic acid groups (broad SMARTS) is 1. The largest absolute Gasteiger partial charge is 0.465 e. The second kappa shape index (κ2) is 3.41. The number of hydrogen-bond acceptors (Lipinski definition) is 3. The van der Waals surface area contributed by atoms with Gasteiger partial charge in [0.05, 0.1) is 18.4 Å². The second-order valence-corrected chi connectivity index (χ2v) is 3.52. The van der Waals surface area contributed by atoms with Crippen molar-refractivity contribution in [2.75, 3.05) is 18.8 Å². The normalized spacial score (nSPS) is 25.8. The molecule has 0 saturated carbocycles. The number of hydrogen-bond donors (Lipinski definition) is 2. The van der Waals surface area contributed by atoms with Crippen LogP contribution < -0.4 is 5.73 Å². The van der Waals surface area contributed by atoms with Crippen molar-refractivity contribution in [1.82, 2.24) is 14.7 Å². The molecule has 1 aromatic rings. The van der Waals surface area contributed by atoms with Crippen molar-refractivity contribution in [2.24, 2.45) is 0 Å².